The molecule has 0 aliphatic heterocycles. The monoisotopic (exact) mass is 434 g/mol. The minimum atomic E-state index is -0.600. The molecule has 0 aliphatic carbocycles. The van der Waals surface area contributed by atoms with Crippen molar-refractivity contribution in [3.8, 4) is 0 Å². The van der Waals surface area contributed by atoms with Gasteiger partial charge in [0.2, 0.25) is 11.8 Å². The van der Waals surface area contributed by atoms with E-state index in [2.05, 4.69) is 5.32 Å². The van der Waals surface area contributed by atoms with Gasteiger partial charge < -0.3 is 10.2 Å². The van der Waals surface area contributed by atoms with E-state index >= 15 is 0 Å². The van der Waals surface area contributed by atoms with Crippen molar-refractivity contribution in [2.75, 3.05) is 6.54 Å². The second-order valence-electron chi connectivity index (χ2n) is 7.02. The first kappa shape index (κ1) is 23.2. The second-order valence-corrected chi connectivity index (χ2v) is 7.83. The van der Waals surface area contributed by atoms with Gasteiger partial charge in [0.1, 0.15) is 6.04 Å². The van der Waals surface area contributed by atoms with Crippen molar-refractivity contribution in [1.82, 2.24) is 10.2 Å². The molecule has 29 heavy (non-hydrogen) atoms. The Labute approximate surface area is 183 Å². The van der Waals surface area contributed by atoms with Gasteiger partial charge in [0.05, 0.1) is 10.0 Å². The van der Waals surface area contributed by atoms with Gasteiger partial charge in [-0.3, -0.25) is 9.59 Å². The Hall–Kier alpha value is -2.04. The van der Waals surface area contributed by atoms with E-state index in [1.165, 1.54) is 0 Å². The first-order chi connectivity index (χ1) is 14.0. The zero-order valence-corrected chi connectivity index (χ0v) is 18.5. The SMILES string of the molecule is CCCNC(=O)C(Cc1ccccc1)N(Cc1ccc(Cl)c(Cl)c1)C(=O)CCC. The predicted octanol–water partition coefficient (Wildman–Crippen LogP) is 5.26. The van der Waals surface area contributed by atoms with Gasteiger partial charge in [0, 0.05) is 25.9 Å². The van der Waals surface area contributed by atoms with Crippen molar-refractivity contribution in [2.45, 2.75) is 52.1 Å². The van der Waals surface area contributed by atoms with Crippen molar-refractivity contribution >= 4 is 35.0 Å². The lowest BCUT2D eigenvalue weighted by Gasteiger charge is -2.31. The lowest BCUT2D eigenvalue weighted by molar-refractivity contribution is -0.141. The van der Waals surface area contributed by atoms with E-state index in [9.17, 15) is 9.59 Å². The highest BCUT2D eigenvalue weighted by atomic mass is 35.5. The molecule has 2 amide bonds. The molecule has 0 aliphatic rings. The molecule has 1 atom stereocenters. The number of carbonyl (C=O) groups is 2. The zero-order valence-electron chi connectivity index (χ0n) is 17.0. The third-order valence-electron chi connectivity index (χ3n) is 4.62. The molecule has 0 radical (unpaired) electrons. The summed E-state index contributed by atoms with van der Waals surface area (Å²) in [4.78, 5) is 27.7. The number of rotatable bonds is 10. The number of hydrogen-bond acceptors (Lipinski definition) is 2. The van der Waals surface area contributed by atoms with E-state index in [0.717, 1.165) is 17.5 Å². The lowest BCUT2D eigenvalue weighted by Crippen LogP contribution is -2.50. The minimum absolute atomic E-state index is 0.0499. The maximum Gasteiger partial charge on any atom is 0.243 e. The van der Waals surface area contributed by atoms with Crippen molar-refractivity contribution in [1.29, 1.82) is 0 Å². The Balaban J connectivity index is 2.36. The highest BCUT2D eigenvalue weighted by molar-refractivity contribution is 6.42. The average molecular weight is 435 g/mol. The van der Waals surface area contributed by atoms with Crippen molar-refractivity contribution in [3.63, 3.8) is 0 Å². The number of halogens is 2. The summed E-state index contributed by atoms with van der Waals surface area (Å²) in [6.07, 6.45) is 2.38. The molecule has 1 N–H and O–H groups in total. The van der Waals surface area contributed by atoms with Crippen LogP contribution in [0.1, 0.15) is 44.2 Å². The fourth-order valence-electron chi connectivity index (χ4n) is 3.11. The van der Waals surface area contributed by atoms with Gasteiger partial charge in [0.15, 0.2) is 0 Å². The lowest BCUT2D eigenvalue weighted by atomic mass is 10.0. The van der Waals surface area contributed by atoms with Crippen LogP contribution in [0.5, 0.6) is 0 Å². The number of amides is 2. The first-order valence-corrected chi connectivity index (χ1v) is 10.8. The normalized spacial score (nSPS) is 11.7. The Morgan fingerprint density at radius 1 is 0.966 bits per heavy atom. The van der Waals surface area contributed by atoms with Crippen LogP contribution in [0.25, 0.3) is 0 Å². The minimum Gasteiger partial charge on any atom is -0.354 e. The van der Waals surface area contributed by atoms with Gasteiger partial charge in [-0.05, 0) is 36.1 Å². The Kier molecular flexibility index (Phi) is 9.49. The summed E-state index contributed by atoms with van der Waals surface area (Å²) < 4.78 is 0. The maximum absolute atomic E-state index is 13.0. The molecule has 0 saturated heterocycles. The summed E-state index contributed by atoms with van der Waals surface area (Å²) in [7, 11) is 0. The fraction of sp³-hybridized carbons (Fsp3) is 0.391. The van der Waals surface area contributed by atoms with Crippen molar-refractivity contribution in [2.24, 2.45) is 0 Å². The van der Waals surface area contributed by atoms with Gasteiger partial charge in [-0.25, -0.2) is 0 Å². The summed E-state index contributed by atoms with van der Waals surface area (Å²) >= 11 is 12.2. The number of benzene rings is 2. The van der Waals surface area contributed by atoms with E-state index in [1.54, 1.807) is 17.0 Å². The number of hydrogen-bond donors (Lipinski definition) is 1. The molecule has 0 saturated carbocycles. The van der Waals surface area contributed by atoms with Crippen LogP contribution in [-0.4, -0.2) is 29.3 Å². The molecule has 0 aromatic heterocycles. The van der Waals surface area contributed by atoms with Crippen LogP contribution in [0.15, 0.2) is 48.5 Å². The molecule has 0 spiro atoms. The Morgan fingerprint density at radius 3 is 2.31 bits per heavy atom. The van der Waals surface area contributed by atoms with E-state index in [1.807, 2.05) is 50.2 Å². The Bertz CT molecular complexity index is 812. The van der Waals surface area contributed by atoms with E-state index < -0.39 is 6.04 Å². The van der Waals surface area contributed by atoms with Gasteiger partial charge in [-0.1, -0.05) is 73.4 Å². The molecule has 2 aromatic carbocycles. The van der Waals surface area contributed by atoms with Gasteiger partial charge in [-0.15, -0.1) is 0 Å². The van der Waals surface area contributed by atoms with E-state index in [4.69, 9.17) is 23.2 Å². The van der Waals surface area contributed by atoms with Gasteiger partial charge >= 0.3 is 0 Å². The maximum atomic E-state index is 13.0. The van der Waals surface area contributed by atoms with Gasteiger partial charge in [-0.2, -0.15) is 0 Å². The molecule has 2 aromatic rings. The van der Waals surface area contributed by atoms with Crippen LogP contribution in [0, 0.1) is 0 Å². The zero-order chi connectivity index (χ0) is 21.2. The van der Waals surface area contributed by atoms with Crippen LogP contribution in [-0.2, 0) is 22.6 Å². The molecule has 156 valence electrons. The molecule has 4 nitrogen and oxygen atoms in total. The van der Waals surface area contributed by atoms with Gasteiger partial charge in [0.25, 0.3) is 0 Å². The third kappa shape index (κ3) is 7.06. The number of nitrogens with zero attached hydrogens (tertiary/aromatic N) is 1. The third-order valence-corrected chi connectivity index (χ3v) is 5.36. The molecule has 0 bridgehead atoms. The quantitative estimate of drug-likeness (QED) is 0.554. The molecular formula is C23H28Cl2N2O2. The summed E-state index contributed by atoms with van der Waals surface area (Å²) in [5.74, 6) is -0.189. The molecular weight excluding hydrogens is 407 g/mol. The molecule has 2 rings (SSSR count). The average Bonchev–Trinajstić information content (AvgIpc) is 2.72. The second kappa shape index (κ2) is 11.8. The highest BCUT2D eigenvalue weighted by Crippen LogP contribution is 2.24. The largest absolute Gasteiger partial charge is 0.354 e. The summed E-state index contributed by atoms with van der Waals surface area (Å²) in [6, 6.07) is 14.5. The van der Waals surface area contributed by atoms with Crippen LogP contribution in [0.3, 0.4) is 0 Å². The fourth-order valence-corrected chi connectivity index (χ4v) is 3.43. The molecule has 0 heterocycles. The van der Waals surface area contributed by atoms with E-state index in [0.29, 0.717) is 42.4 Å². The van der Waals surface area contributed by atoms with Crippen molar-refractivity contribution in [3.05, 3.63) is 69.7 Å². The molecule has 6 heteroatoms. The number of nitrogens with one attached hydrogen (secondary N) is 1. The summed E-state index contributed by atoms with van der Waals surface area (Å²) in [5, 5.41) is 3.85. The van der Waals surface area contributed by atoms with E-state index in [-0.39, 0.29) is 11.8 Å². The standard InChI is InChI=1S/C23H28Cl2N2O2/c1-3-8-22(28)27(16-18-11-12-19(24)20(25)14-18)21(23(29)26-13-4-2)15-17-9-6-5-7-10-17/h5-7,9-12,14,21H,3-4,8,13,15-16H2,1-2H3,(H,26,29). The molecule has 1 unspecified atom stereocenters. The summed E-state index contributed by atoms with van der Waals surface area (Å²) in [6.45, 7) is 4.83. The topological polar surface area (TPSA) is 49.4 Å². The van der Waals surface area contributed by atoms with Crippen LogP contribution in [0.4, 0.5) is 0 Å². The first-order valence-electron chi connectivity index (χ1n) is 10.0. The van der Waals surface area contributed by atoms with Crippen molar-refractivity contribution < 1.29 is 9.59 Å². The number of carbonyl (C=O) groups excluding carboxylic acids is 2. The highest BCUT2D eigenvalue weighted by Gasteiger charge is 2.29. The van der Waals surface area contributed by atoms with Crippen LogP contribution in [0.2, 0.25) is 10.0 Å². The smallest absolute Gasteiger partial charge is 0.243 e. The van der Waals surface area contributed by atoms with Crippen LogP contribution < -0.4 is 5.32 Å². The van der Waals surface area contributed by atoms with Crippen LogP contribution >= 0.6 is 23.2 Å². The Morgan fingerprint density at radius 2 is 1.69 bits per heavy atom. The summed E-state index contributed by atoms with van der Waals surface area (Å²) in [5.41, 5.74) is 1.85. The molecule has 0 fully saturated rings. The predicted molar refractivity (Wildman–Crippen MR) is 119 cm³/mol.